The maximum Gasteiger partial charge on any atom is 0.257 e. The third-order valence-electron chi connectivity index (χ3n) is 8.08. The maximum absolute atomic E-state index is 13.6. The number of amides is 2. The molecule has 1 aliphatic carbocycles. The Morgan fingerprint density at radius 2 is 1.79 bits per heavy atom. The first-order chi connectivity index (χ1) is 16.5. The van der Waals surface area contributed by atoms with Crippen LogP contribution in [0.2, 0.25) is 5.02 Å². The minimum absolute atomic E-state index is 0.0363. The van der Waals surface area contributed by atoms with Gasteiger partial charge in [-0.3, -0.25) is 9.59 Å². The fourth-order valence-corrected chi connectivity index (χ4v) is 6.21. The Morgan fingerprint density at radius 3 is 2.50 bits per heavy atom. The Kier molecular flexibility index (Phi) is 6.98. The zero-order valence-corrected chi connectivity index (χ0v) is 20.5. The first-order valence-corrected chi connectivity index (χ1v) is 13.0. The summed E-state index contributed by atoms with van der Waals surface area (Å²) in [5.74, 6) is 0.999. The molecule has 3 heterocycles. The van der Waals surface area contributed by atoms with E-state index >= 15 is 0 Å². The first kappa shape index (κ1) is 23.4. The molecule has 2 aromatic rings. The van der Waals surface area contributed by atoms with Crippen LogP contribution in [0, 0.1) is 11.8 Å². The van der Waals surface area contributed by atoms with Gasteiger partial charge in [-0.2, -0.15) is 0 Å². The van der Waals surface area contributed by atoms with Crippen molar-refractivity contribution in [2.75, 3.05) is 26.2 Å². The molecule has 0 unspecified atom stereocenters. The molecule has 1 saturated carbocycles. The molecule has 6 nitrogen and oxygen atoms in total. The van der Waals surface area contributed by atoms with Crippen LogP contribution < -0.4 is 5.32 Å². The van der Waals surface area contributed by atoms with Crippen molar-refractivity contribution < 1.29 is 14.0 Å². The van der Waals surface area contributed by atoms with Crippen LogP contribution in [0.25, 0.3) is 0 Å². The van der Waals surface area contributed by atoms with Gasteiger partial charge in [0.05, 0.1) is 23.8 Å². The van der Waals surface area contributed by atoms with Gasteiger partial charge in [-0.1, -0.05) is 30.7 Å². The number of likely N-dealkylation sites (tertiary alicyclic amines) is 1. The highest BCUT2D eigenvalue weighted by atomic mass is 35.5. The van der Waals surface area contributed by atoms with Gasteiger partial charge >= 0.3 is 0 Å². The van der Waals surface area contributed by atoms with E-state index in [9.17, 15) is 9.59 Å². The summed E-state index contributed by atoms with van der Waals surface area (Å²) < 4.78 is 5.21. The molecule has 1 N–H and O–H groups in total. The molecule has 182 valence electrons. The van der Waals surface area contributed by atoms with Crippen molar-refractivity contribution in [3.8, 4) is 0 Å². The second-order valence-electron chi connectivity index (χ2n) is 10.3. The van der Waals surface area contributed by atoms with Gasteiger partial charge in [0.25, 0.3) is 5.91 Å². The van der Waals surface area contributed by atoms with Crippen molar-refractivity contribution in [3.05, 3.63) is 59.0 Å². The Balaban J connectivity index is 1.30. The molecule has 7 heteroatoms. The number of carbonyl (C=O) groups is 2. The van der Waals surface area contributed by atoms with Crippen LogP contribution in [0.15, 0.2) is 47.3 Å². The number of rotatable bonds is 5. The van der Waals surface area contributed by atoms with E-state index in [1.54, 1.807) is 18.6 Å². The smallest absolute Gasteiger partial charge is 0.257 e. The monoisotopic (exact) mass is 483 g/mol. The minimum atomic E-state index is -0.0894. The topological polar surface area (TPSA) is 65.8 Å². The zero-order chi connectivity index (χ0) is 23.7. The molecule has 0 bridgehead atoms. The molecule has 3 atom stereocenters. The van der Waals surface area contributed by atoms with Crippen molar-refractivity contribution in [2.45, 2.75) is 57.0 Å². The first-order valence-electron chi connectivity index (χ1n) is 12.6. The molecular weight excluding hydrogens is 450 g/mol. The highest BCUT2D eigenvalue weighted by Gasteiger charge is 2.42. The normalized spacial score (nSPS) is 29.4. The molecule has 0 spiro atoms. The molecule has 3 aliphatic rings. The van der Waals surface area contributed by atoms with Crippen LogP contribution in [0.4, 0.5) is 0 Å². The summed E-state index contributed by atoms with van der Waals surface area (Å²) in [6.45, 7) is 5.08. The number of nitrogens with zero attached hydrogens (tertiary/aromatic N) is 2. The van der Waals surface area contributed by atoms with Gasteiger partial charge < -0.3 is 19.5 Å². The number of carbonyl (C=O) groups excluding carboxylic acids is 2. The number of furan rings is 1. The fourth-order valence-electron chi connectivity index (χ4n) is 6.09. The molecule has 2 amide bonds. The Labute approximate surface area is 206 Å². The third-order valence-corrected chi connectivity index (χ3v) is 8.33. The summed E-state index contributed by atoms with van der Waals surface area (Å²) in [6.07, 6.45) is 8.27. The van der Waals surface area contributed by atoms with Crippen LogP contribution in [0.3, 0.4) is 0 Å². The third kappa shape index (κ3) is 4.76. The standard InChI is InChI=1S/C27H34ClN3O3/c1-18-2-8-22(9-3-18)31(26(32)20-11-13-34-17-20)23-10-12-30(16-23)27(33)25-15-29-14-24(25)19-4-6-21(28)7-5-19/h4-7,11,13,17-18,22-25,29H,2-3,8-10,12,14-16H2,1H3/t18?,22?,23-,24-,25+/m0/s1. The van der Waals surface area contributed by atoms with Crippen LogP contribution >= 0.6 is 11.6 Å². The molecule has 2 saturated heterocycles. The predicted molar refractivity (Wildman–Crippen MR) is 132 cm³/mol. The molecule has 34 heavy (non-hydrogen) atoms. The van der Waals surface area contributed by atoms with E-state index in [1.807, 2.05) is 29.2 Å². The molecular formula is C27H34ClN3O3. The minimum Gasteiger partial charge on any atom is -0.472 e. The number of halogens is 1. The van der Waals surface area contributed by atoms with E-state index < -0.39 is 0 Å². The largest absolute Gasteiger partial charge is 0.472 e. The molecule has 1 aromatic heterocycles. The van der Waals surface area contributed by atoms with E-state index in [1.165, 1.54) is 0 Å². The van der Waals surface area contributed by atoms with Gasteiger partial charge in [-0.15, -0.1) is 0 Å². The molecule has 5 rings (SSSR count). The van der Waals surface area contributed by atoms with E-state index in [4.69, 9.17) is 16.0 Å². The number of hydrogen-bond acceptors (Lipinski definition) is 4. The maximum atomic E-state index is 13.6. The number of nitrogens with one attached hydrogen (secondary N) is 1. The van der Waals surface area contributed by atoms with E-state index in [2.05, 4.69) is 17.1 Å². The lowest BCUT2D eigenvalue weighted by atomic mass is 9.85. The van der Waals surface area contributed by atoms with Gasteiger partial charge in [-0.05, 0) is 61.8 Å². The average Bonchev–Trinajstić information content (AvgIpc) is 3.62. The number of benzene rings is 1. The van der Waals surface area contributed by atoms with Gasteiger partial charge in [0, 0.05) is 43.2 Å². The van der Waals surface area contributed by atoms with Gasteiger partial charge in [0.2, 0.25) is 5.91 Å². The second-order valence-corrected chi connectivity index (χ2v) is 10.7. The quantitative estimate of drug-likeness (QED) is 0.677. The Morgan fingerprint density at radius 1 is 1.03 bits per heavy atom. The van der Waals surface area contributed by atoms with Crippen molar-refractivity contribution in [2.24, 2.45) is 11.8 Å². The lowest BCUT2D eigenvalue weighted by Gasteiger charge is -2.40. The summed E-state index contributed by atoms with van der Waals surface area (Å²) in [7, 11) is 0. The predicted octanol–water partition coefficient (Wildman–Crippen LogP) is 4.56. The molecule has 1 aromatic carbocycles. The number of hydrogen-bond donors (Lipinski definition) is 1. The summed E-state index contributed by atoms with van der Waals surface area (Å²) >= 11 is 6.07. The summed E-state index contributed by atoms with van der Waals surface area (Å²) in [5, 5.41) is 4.12. The molecule has 0 radical (unpaired) electrons. The van der Waals surface area contributed by atoms with Gasteiger partial charge in [0.1, 0.15) is 6.26 Å². The molecule has 3 fully saturated rings. The van der Waals surface area contributed by atoms with Gasteiger partial charge in [0.15, 0.2) is 0 Å². The summed E-state index contributed by atoms with van der Waals surface area (Å²) in [6, 6.07) is 9.88. The zero-order valence-electron chi connectivity index (χ0n) is 19.8. The van der Waals surface area contributed by atoms with Crippen molar-refractivity contribution in [3.63, 3.8) is 0 Å². The van der Waals surface area contributed by atoms with E-state index in [0.717, 1.165) is 44.2 Å². The summed E-state index contributed by atoms with van der Waals surface area (Å²) in [5.41, 5.74) is 1.75. The fraction of sp³-hybridized carbons (Fsp3) is 0.556. The SMILES string of the molecule is CC1CCC(N(C(=O)c2ccoc2)[C@H]2CCN(C(=O)[C@@H]3CNC[C@H]3c3ccc(Cl)cc3)C2)CC1. The molecule has 2 aliphatic heterocycles. The lowest BCUT2D eigenvalue weighted by molar-refractivity contribution is -0.134. The average molecular weight is 484 g/mol. The van der Waals surface area contributed by atoms with Crippen molar-refractivity contribution >= 4 is 23.4 Å². The van der Waals surface area contributed by atoms with Gasteiger partial charge in [-0.25, -0.2) is 0 Å². The Hall–Kier alpha value is -2.31. The van der Waals surface area contributed by atoms with Crippen LogP contribution in [0.5, 0.6) is 0 Å². The van der Waals surface area contributed by atoms with Crippen LogP contribution in [0.1, 0.15) is 60.9 Å². The second kappa shape index (κ2) is 10.1. The highest BCUT2D eigenvalue weighted by molar-refractivity contribution is 6.30. The highest BCUT2D eigenvalue weighted by Crippen LogP contribution is 2.34. The summed E-state index contributed by atoms with van der Waals surface area (Å²) in [4.78, 5) is 31.2. The Bertz CT molecular complexity index is 985. The van der Waals surface area contributed by atoms with E-state index in [-0.39, 0.29) is 35.7 Å². The van der Waals surface area contributed by atoms with Crippen LogP contribution in [-0.4, -0.2) is 59.9 Å². The lowest BCUT2D eigenvalue weighted by Crippen LogP contribution is -2.50. The van der Waals surface area contributed by atoms with Crippen molar-refractivity contribution in [1.29, 1.82) is 0 Å². The van der Waals surface area contributed by atoms with Crippen molar-refractivity contribution in [1.82, 2.24) is 15.1 Å². The van der Waals surface area contributed by atoms with Crippen LogP contribution in [-0.2, 0) is 4.79 Å². The van der Waals surface area contributed by atoms with E-state index in [0.29, 0.717) is 36.1 Å².